The molecular weight excluding hydrogens is 300 g/mol. The third-order valence-electron chi connectivity index (χ3n) is 3.78. The molecule has 1 aliphatic carbocycles. The van der Waals surface area contributed by atoms with Gasteiger partial charge in [0.15, 0.2) is 0 Å². The van der Waals surface area contributed by atoms with E-state index in [1.54, 1.807) is 27.7 Å². The average molecular weight is 328 g/mol. The Bertz CT molecular complexity index is 450. The molecule has 0 aliphatic heterocycles. The fraction of sp³-hybridized carbons (Fsp3) is 0.812. The molecule has 0 bridgehead atoms. The molecule has 2 N–H and O–H groups in total. The number of carbonyl (C=O) groups excluding carboxylic acids is 3. The first-order valence-corrected chi connectivity index (χ1v) is 7.99. The van der Waals surface area contributed by atoms with Gasteiger partial charge in [0.1, 0.15) is 17.2 Å². The molecule has 0 heterocycles. The summed E-state index contributed by atoms with van der Waals surface area (Å²) in [5.74, 6) is -0.900. The van der Waals surface area contributed by atoms with E-state index in [-0.39, 0.29) is 5.91 Å². The topological polar surface area (TPSA) is 93.7 Å². The fourth-order valence-corrected chi connectivity index (χ4v) is 2.63. The Hall–Kier alpha value is -1.79. The highest BCUT2D eigenvalue weighted by Crippen LogP contribution is 2.29. The lowest BCUT2D eigenvalue weighted by molar-refractivity contribution is -0.145. The fourth-order valence-electron chi connectivity index (χ4n) is 2.63. The molecule has 1 aliphatic rings. The lowest BCUT2D eigenvalue weighted by Crippen LogP contribution is -2.62. The summed E-state index contributed by atoms with van der Waals surface area (Å²) in [7, 11) is 1.26. The van der Waals surface area contributed by atoms with E-state index in [0.29, 0.717) is 12.8 Å². The molecule has 1 atom stereocenters. The standard InChI is InChI=1S/C16H28N2O5/c1-11(12(19)22-5)17-13(20)16(9-7-6-8-10-16)18-14(21)23-15(2,3)4/h11H,6-10H2,1-5H3,(H,17,20)(H,18,21). The van der Waals surface area contributed by atoms with Crippen molar-refractivity contribution < 1.29 is 23.9 Å². The number of methoxy groups -OCH3 is 1. The number of amides is 2. The van der Waals surface area contributed by atoms with Gasteiger partial charge in [-0.05, 0) is 40.5 Å². The van der Waals surface area contributed by atoms with Gasteiger partial charge in [0.25, 0.3) is 0 Å². The van der Waals surface area contributed by atoms with Crippen molar-refractivity contribution >= 4 is 18.0 Å². The molecule has 1 saturated carbocycles. The second kappa shape index (κ2) is 7.66. The monoisotopic (exact) mass is 328 g/mol. The van der Waals surface area contributed by atoms with E-state index in [2.05, 4.69) is 15.4 Å². The van der Waals surface area contributed by atoms with E-state index in [0.717, 1.165) is 19.3 Å². The summed E-state index contributed by atoms with van der Waals surface area (Å²) in [6.45, 7) is 6.84. The summed E-state index contributed by atoms with van der Waals surface area (Å²) >= 11 is 0. The maximum Gasteiger partial charge on any atom is 0.408 e. The minimum atomic E-state index is -1.04. The van der Waals surface area contributed by atoms with Gasteiger partial charge in [0.05, 0.1) is 7.11 Å². The molecule has 2 amide bonds. The number of nitrogens with one attached hydrogen (secondary N) is 2. The van der Waals surface area contributed by atoms with Crippen LogP contribution in [0.3, 0.4) is 0 Å². The van der Waals surface area contributed by atoms with Gasteiger partial charge in [-0.15, -0.1) is 0 Å². The summed E-state index contributed by atoms with van der Waals surface area (Å²) in [4.78, 5) is 36.3. The third-order valence-corrected chi connectivity index (χ3v) is 3.78. The van der Waals surface area contributed by atoms with Crippen molar-refractivity contribution in [3.05, 3.63) is 0 Å². The molecule has 0 aromatic carbocycles. The molecule has 23 heavy (non-hydrogen) atoms. The zero-order valence-corrected chi connectivity index (χ0v) is 14.7. The van der Waals surface area contributed by atoms with Crippen LogP contribution in [0.25, 0.3) is 0 Å². The van der Waals surface area contributed by atoms with Crippen LogP contribution in [0.2, 0.25) is 0 Å². The number of rotatable bonds is 4. The van der Waals surface area contributed by atoms with Crippen LogP contribution < -0.4 is 10.6 Å². The Morgan fingerprint density at radius 1 is 1.09 bits per heavy atom. The minimum Gasteiger partial charge on any atom is -0.467 e. The van der Waals surface area contributed by atoms with E-state index in [9.17, 15) is 14.4 Å². The minimum absolute atomic E-state index is 0.374. The number of alkyl carbamates (subject to hydrolysis) is 1. The molecule has 1 unspecified atom stereocenters. The molecule has 1 rings (SSSR count). The first-order valence-electron chi connectivity index (χ1n) is 7.99. The third kappa shape index (κ3) is 5.73. The van der Waals surface area contributed by atoms with Crippen molar-refractivity contribution in [1.82, 2.24) is 10.6 Å². The van der Waals surface area contributed by atoms with Gasteiger partial charge in [-0.1, -0.05) is 19.3 Å². The number of hydrogen-bond acceptors (Lipinski definition) is 5. The lowest BCUT2D eigenvalue weighted by atomic mass is 9.81. The van der Waals surface area contributed by atoms with Crippen molar-refractivity contribution in [2.75, 3.05) is 7.11 Å². The largest absolute Gasteiger partial charge is 0.467 e. The van der Waals surface area contributed by atoms with Crippen LogP contribution in [0, 0.1) is 0 Å². The molecule has 7 heteroatoms. The van der Waals surface area contributed by atoms with Gasteiger partial charge in [-0.25, -0.2) is 9.59 Å². The van der Waals surface area contributed by atoms with Crippen LogP contribution in [0.4, 0.5) is 4.79 Å². The van der Waals surface area contributed by atoms with Crippen LogP contribution in [0.1, 0.15) is 59.8 Å². The van der Waals surface area contributed by atoms with E-state index in [1.807, 2.05) is 0 Å². The summed E-state index contributed by atoms with van der Waals surface area (Å²) in [6, 6.07) is -0.772. The normalized spacial score (nSPS) is 18.5. The van der Waals surface area contributed by atoms with Gasteiger partial charge >= 0.3 is 12.1 Å². The number of hydrogen-bond donors (Lipinski definition) is 2. The Kier molecular flexibility index (Phi) is 6.41. The second-order valence-corrected chi connectivity index (χ2v) is 6.99. The molecule has 0 spiro atoms. The summed E-state index contributed by atoms with van der Waals surface area (Å²) in [5.41, 5.74) is -1.68. The van der Waals surface area contributed by atoms with Gasteiger partial charge in [-0.3, -0.25) is 4.79 Å². The summed E-state index contributed by atoms with van der Waals surface area (Å²) in [6.07, 6.45) is 3.08. The Labute approximate surface area is 137 Å². The number of carbonyl (C=O) groups is 3. The van der Waals surface area contributed by atoms with Crippen LogP contribution >= 0.6 is 0 Å². The van der Waals surface area contributed by atoms with Gasteiger partial charge in [-0.2, -0.15) is 0 Å². The zero-order valence-electron chi connectivity index (χ0n) is 14.7. The SMILES string of the molecule is COC(=O)C(C)NC(=O)C1(NC(=O)OC(C)(C)C)CCCCC1. The highest BCUT2D eigenvalue weighted by Gasteiger charge is 2.42. The quantitative estimate of drug-likeness (QED) is 0.769. The second-order valence-electron chi connectivity index (χ2n) is 6.99. The van der Waals surface area contributed by atoms with Crippen molar-refractivity contribution in [3.8, 4) is 0 Å². The van der Waals surface area contributed by atoms with Gasteiger partial charge in [0, 0.05) is 0 Å². The van der Waals surface area contributed by atoms with Crippen LogP contribution in [0.15, 0.2) is 0 Å². The zero-order chi connectivity index (χ0) is 17.7. The first kappa shape index (κ1) is 19.3. The smallest absolute Gasteiger partial charge is 0.408 e. The molecule has 0 aromatic rings. The summed E-state index contributed by atoms with van der Waals surface area (Å²) < 4.78 is 9.88. The predicted molar refractivity (Wildman–Crippen MR) is 84.8 cm³/mol. The van der Waals surface area contributed by atoms with E-state index in [4.69, 9.17) is 4.74 Å². The van der Waals surface area contributed by atoms with Gasteiger partial charge < -0.3 is 20.1 Å². The van der Waals surface area contributed by atoms with Crippen molar-refractivity contribution in [2.45, 2.75) is 77.0 Å². The van der Waals surface area contributed by atoms with Crippen LogP contribution in [-0.2, 0) is 19.1 Å². The van der Waals surface area contributed by atoms with Crippen LogP contribution in [0.5, 0.6) is 0 Å². The molecule has 1 fully saturated rings. The van der Waals surface area contributed by atoms with Crippen molar-refractivity contribution in [2.24, 2.45) is 0 Å². The summed E-state index contributed by atoms with van der Waals surface area (Å²) in [5, 5.41) is 5.35. The van der Waals surface area contributed by atoms with Crippen molar-refractivity contribution in [1.29, 1.82) is 0 Å². The Balaban J connectivity index is 2.83. The Morgan fingerprint density at radius 2 is 1.65 bits per heavy atom. The molecular formula is C16H28N2O5. The average Bonchev–Trinajstić information content (AvgIpc) is 2.44. The van der Waals surface area contributed by atoms with E-state index in [1.165, 1.54) is 7.11 Å². The molecule has 0 aromatic heterocycles. The van der Waals surface area contributed by atoms with E-state index < -0.39 is 29.2 Å². The molecule has 0 saturated heterocycles. The maximum atomic E-state index is 12.7. The highest BCUT2D eigenvalue weighted by atomic mass is 16.6. The molecule has 132 valence electrons. The van der Waals surface area contributed by atoms with Crippen LogP contribution in [-0.4, -0.2) is 42.3 Å². The van der Waals surface area contributed by atoms with E-state index >= 15 is 0 Å². The molecule has 0 radical (unpaired) electrons. The molecule has 7 nitrogen and oxygen atoms in total. The predicted octanol–water partition coefficient (Wildman–Crippen LogP) is 1.89. The van der Waals surface area contributed by atoms with Gasteiger partial charge in [0.2, 0.25) is 5.91 Å². The maximum absolute atomic E-state index is 12.7. The Morgan fingerprint density at radius 3 is 2.13 bits per heavy atom. The number of ether oxygens (including phenoxy) is 2. The van der Waals surface area contributed by atoms with Crippen molar-refractivity contribution in [3.63, 3.8) is 0 Å². The first-order chi connectivity index (χ1) is 10.6. The lowest BCUT2D eigenvalue weighted by Gasteiger charge is -2.37. The number of esters is 1. The highest BCUT2D eigenvalue weighted by molar-refractivity contribution is 5.93.